The highest BCUT2D eigenvalue weighted by Gasteiger charge is 2.30. The summed E-state index contributed by atoms with van der Waals surface area (Å²) >= 11 is 0. The summed E-state index contributed by atoms with van der Waals surface area (Å²) in [4.78, 5) is 12.0. The van der Waals surface area contributed by atoms with E-state index in [1.54, 1.807) is 7.05 Å². The number of halogens is 3. The number of hydrogen-bond acceptors (Lipinski definition) is 3. The molecular weight excluding hydrogens is 323 g/mol. The van der Waals surface area contributed by atoms with E-state index >= 15 is 0 Å². The minimum atomic E-state index is -4.41. The van der Waals surface area contributed by atoms with Crippen LogP contribution < -0.4 is 10.1 Å². The molecule has 8 heteroatoms. The Morgan fingerprint density at radius 3 is 2.83 bits per heavy atom. The van der Waals surface area contributed by atoms with E-state index in [1.165, 1.54) is 30.1 Å². The molecule has 1 aromatic heterocycles. The molecular formula is C16H14F3N3O2. The summed E-state index contributed by atoms with van der Waals surface area (Å²) in [5, 5.41) is 6.48. The summed E-state index contributed by atoms with van der Waals surface area (Å²) in [6.45, 7) is -0.0207. The summed E-state index contributed by atoms with van der Waals surface area (Å²) in [5.41, 5.74) is -0.294. The number of amides is 1. The molecule has 2 rings (SSSR count). The first-order valence-electron chi connectivity index (χ1n) is 6.83. The van der Waals surface area contributed by atoms with E-state index in [0.717, 1.165) is 12.1 Å². The first kappa shape index (κ1) is 17.4. The molecule has 24 heavy (non-hydrogen) atoms. The second-order valence-corrected chi connectivity index (χ2v) is 4.79. The van der Waals surface area contributed by atoms with Gasteiger partial charge in [-0.1, -0.05) is 17.9 Å². The highest BCUT2D eigenvalue weighted by Crippen LogP contribution is 2.29. The second-order valence-electron chi connectivity index (χ2n) is 4.79. The monoisotopic (exact) mass is 337 g/mol. The van der Waals surface area contributed by atoms with Crippen LogP contribution in [0.1, 0.15) is 21.5 Å². The van der Waals surface area contributed by atoms with Crippen molar-refractivity contribution in [1.82, 2.24) is 15.1 Å². The molecule has 0 aliphatic carbocycles. The van der Waals surface area contributed by atoms with Crippen LogP contribution in [-0.2, 0) is 13.2 Å². The average Bonchev–Trinajstić information content (AvgIpc) is 2.92. The molecule has 0 bridgehead atoms. The van der Waals surface area contributed by atoms with Crippen molar-refractivity contribution in [1.29, 1.82) is 0 Å². The standard InChI is InChI=1S/C16H14F3N3O2/c1-22-10-13(15(21-22)24-2)14(23)20-8-4-6-11-5-3-7-12(9-11)16(17,18)19/h3,5,7,9-10H,8H2,1-2H3,(H,20,23). The van der Waals surface area contributed by atoms with Crippen molar-refractivity contribution < 1.29 is 22.7 Å². The summed E-state index contributed by atoms with van der Waals surface area (Å²) in [5.74, 6) is 4.94. The van der Waals surface area contributed by atoms with Crippen LogP contribution in [0.25, 0.3) is 0 Å². The number of alkyl halides is 3. The first-order chi connectivity index (χ1) is 11.3. The summed E-state index contributed by atoms with van der Waals surface area (Å²) in [6.07, 6.45) is -2.92. The van der Waals surface area contributed by atoms with Gasteiger partial charge in [-0.15, -0.1) is 5.10 Å². The lowest BCUT2D eigenvalue weighted by Crippen LogP contribution is -2.23. The number of methoxy groups -OCH3 is 1. The maximum absolute atomic E-state index is 12.6. The zero-order valence-corrected chi connectivity index (χ0v) is 12.9. The van der Waals surface area contributed by atoms with E-state index in [4.69, 9.17) is 4.74 Å². The molecule has 1 N–H and O–H groups in total. The Labute approximate surface area is 136 Å². The molecule has 0 spiro atoms. The normalized spacial score (nSPS) is 10.7. The third-order valence-electron chi connectivity index (χ3n) is 2.99. The van der Waals surface area contributed by atoms with Gasteiger partial charge in [0.15, 0.2) is 0 Å². The van der Waals surface area contributed by atoms with E-state index < -0.39 is 17.6 Å². The van der Waals surface area contributed by atoms with Gasteiger partial charge in [-0.3, -0.25) is 9.48 Å². The molecule has 0 aliphatic rings. The molecule has 0 unspecified atom stereocenters. The van der Waals surface area contributed by atoms with Gasteiger partial charge in [0.1, 0.15) is 5.56 Å². The Bertz CT molecular complexity index is 801. The largest absolute Gasteiger partial charge is 0.479 e. The SMILES string of the molecule is COc1nn(C)cc1C(=O)NCC#Cc1cccc(C(F)(F)F)c1. The molecule has 0 aliphatic heterocycles. The third-order valence-corrected chi connectivity index (χ3v) is 2.99. The zero-order chi connectivity index (χ0) is 17.7. The molecule has 5 nitrogen and oxygen atoms in total. The lowest BCUT2D eigenvalue weighted by atomic mass is 10.1. The van der Waals surface area contributed by atoms with E-state index in [0.29, 0.717) is 0 Å². The quantitative estimate of drug-likeness (QED) is 0.874. The number of rotatable bonds is 3. The van der Waals surface area contributed by atoms with E-state index in [-0.39, 0.29) is 23.6 Å². The second kappa shape index (κ2) is 7.08. The van der Waals surface area contributed by atoms with Crippen molar-refractivity contribution in [3.8, 4) is 17.7 Å². The topological polar surface area (TPSA) is 56.2 Å². The maximum Gasteiger partial charge on any atom is 0.416 e. The van der Waals surface area contributed by atoms with Crippen molar-refractivity contribution in [2.45, 2.75) is 6.18 Å². The summed E-state index contributed by atoms with van der Waals surface area (Å²) in [6, 6.07) is 4.68. The molecule has 1 aromatic carbocycles. The Kier molecular flexibility index (Phi) is 5.14. The summed E-state index contributed by atoms with van der Waals surface area (Å²) in [7, 11) is 3.04. The highest BCUT2D eigenvalue weighted by molar-refractivity contribution is 5.96. The third kappa shape index (κ3) is 4.29. The predicted octanol–water partition coefficient (Wildman–Crippen LogP) is 2.23. The molecule has 0 atom stereocenters. The van der Waals surface area contributed by atoms with Gasteiger partial charge in [0.25, 0.3) is 5.91 Å². The van der Waals surface area contributed by atoms with E-state index in [9.17, 15) is 18.0 Å². The smallest absolute Gasteiger partial charge is 0.416 e. The number of ether oxygens (including phenoxy) is 1. The Balaban J connectivity index is 2.00. The fourth-order valence-corrected chi connectivity index (χ4v) is 1.91. The van der Waals surface area contributed by atoms with Crippen molar-refractivity contribution in [2.75, 3.05) is 13.7 Å². The Morgan fingerprint density at radius 1 is 1.42 bits per heavy atom. The van der Waals surface area contributed by atoms with Crippen molar-refractivity contribution in [3.05, 3.63) is 47.2 Å². The molecule has 1 amide bonds. The first-order valence-corrected chi connectivity index (χ1v) is 6.83. The van der Waals surface area contributed by atoms with Crippen LogP contribution in [0.3, 0.4) is 0 Å². The molecule has 0 radical (unpaired) electrons. The molecule has 0 saturated carbocycles. The van der Waals surface area contributed by atoms with Gasteiger partial charge in [0, 0.05) is 18.8 Å². The zero-order valence-electron chi connectivity index (χ0n) is 12.9. The number of aromatic nitrogens is 2. The average molecular weight is 337 g/mol. The number of hydrogen-bond donors (Lipinski definition) is 1. The molecule has 2 aromatic rings. The predicted molar refractivity (Wildman–Crippen MR) is 80.4 cm³/mol. The molecule has 1 heterocycles. The number of nitrogens with zero attached hydrogens (tertiary/aromatic N) is 2. The molecule has 126 valence electrons. The van der Waals surface area contributed by atoms with Crippen LogP contribution in [0.5, 0.6) is 5.88 Å². The molecule has 0 saturated heterocycles. The van der Waals surface area contributed by atoms with Crippen LogP contribution in [-0.4, -0.2) is 29.3 Å². The van der Waals surface area contributed by atoms with Crippen molar-refractivity contribution in [2.24, 2.45) is 7.05 Å². The minimum absolute atomic E-state index is 0.0207. The van der Waals surface area contributed by atoms with Crippen LogP contribution in [0.15, 0.2) is 30.5 Å². The van der Waals surface area contributed by atoms with Crippen LogP contribution in [0.2, 0.25) is 0 Å². The van der Waals surface area contributed by atoms with Crippen LogP contribution in [0.4, 0.5) is 13.2 Å². The van der Waals surface area contributed by atoms with Gasteiger partial charge in [-0.2, -0.15) is 13.2 Å². The maximum atomic E-state index is 12.6. The van der Waals surface area contributed by atoms with E-state index in [2.05, 4.69) is 22.3 Å². The fraction of sp³-hybridized carbons (Fsp3) is 0.250. The van der Waals surface area contributed by atoms with Crippen molar-refractivity contribution in [3.63, 3.8) is 0 Å². The van der Waals surface area contributed by atoms with Gasteiger partial charge in [-0.25, -0.2) is 0 Å². The lowest BCUT2D eigenvalue weighted by molar-refractivity contribution is -0.137. The number of aryl methyl sites for hydroxylation is 1. The van der Waals surface area contributed by atoms with Gasteiger partial charge in [0.05, 0.1) is 19.2 Å². The highest BCUT2D eigenvalue weighted by atomic mass is 19.4. The van der Waals surface area contributed by atoms with Crippen molar-refractivity contribution >= 4 is 5.91 Å². The summed E-state index contributed by atoms with van der Waals surface area (Å²) < 4.78 is 44.2. The molecule has 0 fully saturated rings. The van der Waals surface area contributed by atoms with Gasteiger partial charge >= 0.3 is 6.18 Å². The minimum Gasteiger partial charge on any atom is -0.479 e. The number of carbonyl (C=O) groups excluding carboxylic acids is 1. The van der Waals surface area contributed by atoms with Gasteiger partial charge in [-0.05, 0) is 18.2 Å². The number of benzene rings is 1. The van der Waals surface area contributed by atoms with Gasteiger partial charge < -0.3 is 10.1 Å². The number of nitrogens with one attached hydrogen (secondary N) is 1. The number of carbonyl (C=O) groups is 1. The fourth-order valence-electron chi connectivity index (χ4n) is 1.91. The Morgan fingerprint density at radius 2 is 2.17 bits per heavy atom. The van der Waals surface area contributed by atoms with Crippen LogP contribution >= 0.6 is 0 Å². The van der Waals surface area contributed by atoms with Crippen LogP contribution in [0, 0.1) is 11.8 Å². The Hall–Kier alpha value is -2.95. The van der Waals surface area contributed by atoms with E-state index in [1.807, 2.05) is 0 Å². The van der Waals surface area contributed by atoms with Gasteiger partial charge in [0.2, 0.25) is 5.88 Å². The lowest BCUT2D eigenvalue weighted by Gasteiger charge is -2.05.